The standard InChI is InChI=1S/C30H30F3N3O3/c1-20-25(9-6-10-26(20)30(31,32)33)29(39)36-17-15-22(16-18-36)21-11-13-24(14-12-21)34-27(37)19-35(2)28(38)23-7-4-3-5-8-23/h3-14,22H,15-19H2,1-2H3,(H,34,37). The lowest BCUT2D eigenvalue weighted by atomic mass is 9.89. The molecule has 1 aliphatic heterocycles. The van der Waals surface area contributed by atoms with Gasteiger partial charge in [0.2, 0.25) is 5.91 Å². The topological polar surface area (TPSA) is 69.7 Å². The molecular formula is C30H30F3N3O3. The average Bonchev–Trinajstić information content (AvgIpc) is 2.92. The van der Waals surface area contributed by atoms with E-state index < -0.39 is 11.7 Å². The Morgan fingerprint density at radius 2 is 1.56 bits per heavy atom. The lowest BCUT2D eigenvalue weighted by Crippen LogP contribution is -2.38. The minimum absolute atomic E-state index is 0.0506. The summed E-state index contributed by atoms with van der Waals surface area (Å²) in [7, 11) is 1.57. The molecule has 3 aromatic rings. The molecule has 0 unspecified atom stereocenters. The van der Waals surface area contributed by atoms with Gasteiger partial charge in [-0.2, -0.15) is 13.2 Å². The number of carbonyl (C=O) groups excluding carboxylic acids is 3. The second kappa shape index (κ2) is 11.7. The third-order valence-electron chi connectivity index (χ3n) is 7.07. The highest BCUT2D eigenvalue weighted by atomic mass is 19.4. The summed E-state index contributed by atoms with van der Waals surface area (Å²) in [6.45, 7) is 2.13. The monoisotopic (exact) mass is 537 g/mol. The van der Waals surface area contributed by atoms with Crippen LogP contribution in [0.25, 0.3) is 0 Å². The van der Waals surface area contributed by atoms with Gasteiger partial charge in [-0.05, 0) is 73.2 Å². The van der Waals surface area contributed by atoms with Gasteiger partial charge >= 0.3 is 6.18 Å². The fourth-order valence-electron chi connectivity index (χ4n) is 4.89. The van der Waals surface area contributed by atoms with E-state index in [1.54, 1.807) is 48.3 Å². The molecule has 1 N–H and O–H groups in total. The van der Waals surface area contributed by atoms with E-state index in [2.05, 4.69) is 5.32 Å². The van der Waals surface area contributed by atoms with Gasteiger partial charge in [0.05, 0.1) is 12.1 Å². The summed E-state index contributed by atoms with van der Waals surface area (Å²) in [5.74, 6) is -0.748. The zero-order valence-electron chi connectivity index (χ0n) is 21.8. The first-order valence-corrected chi connectivity index (χ1v) is 12.7. The Labute approximate surface area is 225 Å². The quantitative estimate of drug-likeness (QED) is 0.436. The molecule has 9 heteroatoms. The molecule has 39 heavy (non-hydrogen) atoms. The van der Waals surface area contributed by atoms with Gasteiger partial charge in [0, 0.05) is 37.0 Å². The van der Waals surface area contributed by atoms with Gasteiger partial charge in [0.1, 0.15) is 0 Å². The molecule has 1 heterocycles. The zero-order valence-corrected chi connectivity index (χ0v) is 21.8. The minimum atomic E-state index is -4.51. The van der Waals surface area contributed by atoms with Gasteiger partial charge in [-0.25, -0.2) is 0 Å². The molecule has 0 spiro atoms. The van der Waals surface area contributed by atoms with Gasteiger partial charge in [-0.15, -0.1) is 0 Å². The average molecular weight is 538 g/mol. The van der Waals surface area contributed by atoms with Crippen molar-refractivity contribution in [3.05, 3.63) is 101 Å². The molecule has 6 nitrogen and oxygen atoms in total. The highest BCUT2D eigenvalue weighted by Gasteiger charge is 2.34. The maximum atomic E-state index is 13.3. The fraction of sp³-hybridized carbons (Fsp3) is 0.300. The van der Waals surface area contributed by atoms with Crippen LogP contribution in [0.15, 0.2) is 72.8 Å². The van der Waals surface area contributed by atoms with Crippen molar-refractivity contribution in [2.75, 3.05) is 32.0 Å². The summed E-state index contributed by atoms with van der Waals surface area (Å²) >= 11 is 0. The van der Waals surface area contributed by atoms with Crippen molar-refractivity contribution in [3.63, 3.8) is 0 Å². The first kappa shape index (κ1) is 27.9. The molecule has 0 atom stereocenters. The summed E-state index contributed by atoms with van der Waals surface area (Å²) in [6, 6.07) is 19.9. The number of rotatable bonds is 6. The Hall–Kier alpha value is -4.14. The number of amides is 3. The van der Waals surface area contributed by atoms with Gasteiger partial charge in [-0.3, -0.25) is 14.4 Å². The second-order valence-corrected chi connectivity index (χ2v) is 9.74. The van der Waals surface area contributed by atoms with Crippen molar-refractivity contribution in [2.45, 2.75) is 31.9 Å². The van der Waals surface area contributed by atoms with Crippen LogP contribution in [0.4, 0.5) is 18.9 Å². The van der Waals surface area contributed by atoms with Gasteiger partial charge in [-0.1, -0.05) is 36.4 Å². The Morgan fingerprint density at radius 3 is 2.18 bits per heavy atom. The van der Waals surface area contributed by atoms with Gasteiger partial charge in [0.25, 0.3) is 11.8 Å². The van der Waals surface area contributed by atoms with Crippen LogP contribution in [0, 0.1) is 6.92 Å². The number of anilines is 1. The van der Waals surface area contributed by atoms with Crippen LogP contribution >= 0.6 is 0 Å². The third kappa shape index (κ3) is 6.66. The number of halogens is 3. The summed E-state index contributed by atoms with van der Waals surface area (Å²) in [5, 5.41) is 2.80. The van der Waals surface area contributed by atoms with Gasteiger partial charge < -0.3 is 15.1 Å². The summed E-state index contributed by atoms with van der Waals surface area (Å²) in [5.41, 5.74) is 1.42. The van der Waals surface area contributed by atoms with Crippen LogP contribution < -0.4 is 5.32 Å². The Balaban J connectivity index is 1.30. The Kier molecular flexibility index (Phi) is 8.38. The van der Waals surface area contributed by atoms with Crippen LogP contribution in [-0.2, 0) is 11.0 Å². The van der Waals surface area contributed by atoms with Crippen LogP contribution in [0.2, 0.25) is 0 Å². The van der Waals surface area contributed by atoms with E-state index in [0.717, 1.165) is 11.6 Å². The first-order chi connectivity index (χ1) is 18.5. The predicted octanol–water partition coefficient (Wildman–Crippen LogP) is 5.74. The zero-order chi connectivity index (χ0) is 28.2. The molecule has 1 fully saturated rings. The van der Waals surface area contributed by atoms with E-state index in [4.69, 9.17) is 0 Å². The summed E-state index contributed by atoms with van der Waals surface area (Å²) < 4.78 is 39.8. The van der Waals surface area contributed by atoms with Crippen LogP contribution in [0.5, 0.6) is 0 Å². The number of piperidine rings is 1. The molecule has 204 valence electrons. The van der Waals surface area contributed by atoms with Crippen molar-refractivity contribution < 1.29 is 27.6 Å². The largest absolute Gasteiger partial charge is 0.416 e. The van der Waals surface area contributed by atoms with E-state index >= 15 is 0 Å². The number of carbonyl (C=O) groups is 3. The maximum absolute atomic E-state index is 13.3. The molecule has 0 saturated carbocycles. The minimum Gasteiger partial charge on any atom is -0.339 e. The van der Waals surface area contributed by atoms with Crippen molar-refractivity contribution >= 4 is 23.4 Å². The molecule has 3 aromatic carbocycles. The molecular weight excluding hydrogens is 507 g/mol. The molecule has 1 aliphatic rings. The molecule has 4 rings (SSSR count). The van der Waals surface area contributed by atoms with Crippen molar-refractivity contribution in [1.82, 2.24) is 9.80 Å². The highest BCUT2D eigenvalue weighted by Crippen LogP contribution is 2.34. The maximum Gasteiger partial charge on any atom is 0.416 e. The number of benzene rings is 3. The molecule has 0 bridgehead atoms. The normalized spacial score (nSPS) is 14.1. The molecule has 0 radical (unpaired) electrons. The van der Waals surface area contributed by atoms with E-state index in [9.17, 15) is 27.6 Å². The second-order valence-electron chi connectivity index (χ2n) is 9.74. The third-order valence-corrected chi connectivity index (χ3v) is 7.07. The van der Waals surface area contributed by atoms with Crippen LogP contribution in [-0.4, -0.2) is 54.2 Å². The molecule has 1 saturated heterocycles. The fourth-order valence-corrected chi connectivity index (χ4v) is 4.89. The van der Waals surface area contributed by atoms with E-state index in [1.165, 1.54) is 24.0 Å². The SMILES string of the molecule is Cc1c(C(=O)N2CCC(c3ccc(NC(=O)CN(C)C(=O)c4ccccc4)cc3)CC2)cccc1C(F)(F)F. The molecule has 3 amide bonds. The molecule has 0 aromatic heterocycles. The number of alkyl halides is 3. The number of nitrogens with zero attached hydrogens (tertiary/aromatic N) is 2. The van der Waals surface area contributed by atoms with Gasteiger partial charge in [0.15, 0.2) is 0 Å². The van der Waals surface area contributed by atoms with Crippen LogP contribution in [0.1, 0.15) is 56.2 Å². The lowest BCUT2D eigenvalue weighted by molar-refractivity contribution is -0.138. The van der Waals surface area contributed by atoms with E-state index in [0.29, 0.717) is 37.2 Å². The Morgan fingerprint density at radius 1 is 0.923 bits per heavy atom. The molecule has 0 aliphatic carbocycles. The smallest absolute Gasteiger partial charge is 0.339 e. The lowest BCUT2D eigenvalue weighted by Gasteiger charge is -2.33. The van der Waals surface area contributed by atoms with Crippen LogP contribution in [0.3, 0.4) is 0 Å². The number of nitrogens with one attached hydrogen (secondary N) is 1. The Bertz CT molecular complexity index is 1330. The van der Waals surface area contributed by atoms with Crippen molar-refractivity contribution in [2.24, 2.45) is 0 Å². The van der Waals surface area contributed by atoms with E-state index in [1.807, 2.05) is 18.2 Å². The number of likely N-dealkylation sites (tertiary alicyclic amines) is 1. The summed E-state index contributed by atoms with van der Waals surface area (Å²) in [4.78, 5) is 40.9. The number of hydrogen-bond acceptors (Lipinski definition) is 3. The van der Waals surface area contributed by atoms with E-state index in [-0.39, 0.29) is 41.3 Å². The first-order valence-electron chi connectivity index (χ1n) is 12.7. The van der Waals surface area contributed by atoms with Crippen molar-refractivity contribution in [3.8, 4) is 0 Å². The highest BCUT2D eigenvalue weighted by molar-refractivity contribution is 5.99. The number of likely N-dealkylation sites (N-methyl/N-ethyl adjacent to an activating group) is 1. The predicted molar refractivity (Wildman–Crippen MR) is 143 cm³/mol. The summed E-state index contributed by atoms with van der Waals surface area (Å²) in [6.07, 6.45) is -3.14. The van der Waals surface area contributed by atoms with Crippen molar-refractivity contribution in [1.29, 1.82) is 0 Å². The number of hydrogen-bond donors (Lipinski definition) is 1.